The van der Waals surface area contributed by atoms with Gasteiger partial charge in [0.05, 0.1) is 6.54 Å². The van der Waals surface area contributed by atoms with E-state index in [0.717, 1.165) is 33.7 Å². The molecule has 28 heavy (non-hydrogen) atoms. The van der Waals surface area contributed by atoms with Crippen LogP contribution in [0.4, 0.5) is 10.5 Å². The molecule has 1 heterocycles. The van der Waals surface area contributed by atoms with Crippen molar-refractivity contribution in [3.05, 3.63) is 58.7 Å². The number of benzene rings is 2. The Kier molecular flexibility index (Phi) is 5.20. The predicted molar refractivity (Wildman–Crippen MR) is 111 cm³/mol. The van der Waals surface area contributed by atoms with E-state index < -0.39 is 0 Å². The SMILES string of the molecule is Cc1ccc(N2CC(=O)N(Cc3cc(C)c(OC(C)(C)C)c(C)c3)C2=O)cc1. The summed E-state index contributed by atoms with van der Waals surface area (Å²) >= 11 is 0. The van der Waals surface area contributed by atoms with Gasteiger partial charge in [-0.3, -0.25) is 14.6 Å². The number of amides is 3. The molecular formula is C23H28N2O3. The first-order valence-corrected chi connectivity index (χ1v) is 9.53. The quantitative estimate of drug-likeness (QED) is 0.719. The summed E-state index contributed by atoms with van der Waals surface area (Å²) in [5.74, 6) is 0.674. The molecule has 2 aromatic carbocycles. The van der Waals surface area contributed by atoms with E-state index in [9.17, 15) is 9.59 Å². The third-order valence-electron chi connectivity index (χ3n) is 4.67. The first-order chi connectivity index (χ1) is 13.0. The highest BCUT2D eigenvalue weighted by atomic mass is 16.5. The monoisotopic (exact) mass is 380 g/mol. The van der Waals surface area contributed by atoms with E-state index in [1.165, 1.54) is 9.80 Å². The van der Waals surface area contributed by atoms with E-state index in [4.69, 9.17) is 4.74 Å². The Morgan fingerprint density at radius 2 is 1.54 bits per heavy atom. The molecule has 0 spiro atoms. The summed E-state index contributed by atoms with van der Waals surface area (Å²) in [4.78, 5) is 28.2. The first-order valence-electron chi connectivity index (χ1n) is 9.53. The third kappa shape index (κ3) is 4.19. The highest BCUT2D eigenvalue weighted by molar-refractivity contribution is 6.12. The number of hydrogen-bond donors (Lipinski definition) is 0. The van der Waals surface area contributed by atoms with E-state index in [1.807, 2.05) is 77.9 Å². The average molecular weight is 380 g/mol. The maximum atomic E-state index is 12.8. The number of rotatable bonds is 4. The van der Waals surface area contributed by atoms with Gasteiger partial charge >= 0.3 is 6.03 Å². The van der Waals surface area contributed by atoms with Crippen LogP contribution in [0.2, 0.25) is 0 Å². The van der Waals surface area contributed by atoms with Gasteiger partial charge < -0.3 is 4.74 Å². The van der Waals surface area contributed by atoms with Crippen molar-refractivity contribution in [1.82, 2.24) is 4.90 Å². The van der Waals surface area contributed by atoms with Gasteiger partial charge in [-0.2, -0.15) is 0 Å². The molecule has 0 aromatic heterocycles. The van der Waals surface area contributed by atoms with Gasteiger partial charge in [-0.25, -0.2) is 4.79 Å². The highest BCUT2D eigenvalue weighted by Crippen LogP contribution is 2.30. The van der Waals surface area contributed by atoms with Crippen molar-refractivity contribution in [3.8, 4) is 5.75 Å². The van der Waals surface area contributed by atoms with E-state index in [1.54, 1.807) is 0 Å². The van der Waals surface area contributed by atoms with Crippen molar-refractivity contribution in [3.63, 3.8) is 0 Å². The average Bonchev–Trinajstić information content (AvgIpc) is 2.86. The Morgan fingerprint density at radius 1 is 0.964 bits per heavy atom. The van der Waals surface area contributed by atoms with Gasteiger partial charge in [0.15, 0.2) is 0 Å². The molecule has 0 N–H and O–H groups in total. The molecule has 1 fully saturated rings. The molecule has 0 saturated carbocycles. The molecule has 1 aliphatic heterocycles. The molecule has 5 heteroatoms. The van der Waals surface area contributed by atoms with Gasteiger partial charge in [0, 0.05) is 5.69 Å². The number of carbonyl (C=O) groups is 2. The van der Waals surface area contributed by atoms with Crippen LogP contribution < -0.4 is 9.64 Å². The topological polar surface area (TPSA) is 49.9 Å². The number of hydrogen-bond acceptors (Lipinski definition) is 3. The zero-order chi connectivity index (χ0) is 20.6. The van der Waals surface area contributed by atoms with E-state index in [2.05, 4.69) is 0 Å². The Bertz CT molecular complexity index is 887. The summed E-state index contributed by atoms with van der Waals surface area (Å²) in [5, 5.41) is 0. The molecule has 0 radical (unpaired) electrons. The fourth-order valence-corrected chi connectivity index (χ4v) is 3.40. The largest absolute Gasteiger partial charge is 0.488 e. The van der Waals surface area contributed by atoms with Crippen molar-refractivity contribution in [2.24, 2.45) is 0 Å². The fraction of sp³-hybridized carbons (Fsp3) is 0.391. The van der Waals surface area contributed by atoms with Gasteiger partial charge in [-0.15, -0.1) is 0 Å². The summed E-state index contributed by atoms with van der Waals surface area (Å²) in [6.45, 7) is 12.4. The summed E-state index contributed by atoms with van der Waals surface area (Å²) in [6.07, 6.45) is 0. The summed E-state index contributed by atoms with van der Waals surface area (Å²) in [6, 6.07) is 11.3. The number of ether oxygens (including phenoxy) is 1. The van der Waals surface area contributed by atoms with Crippen molar-refractivity contribution < 1.29 is 14.3 Å². The van der Waals surface area contributed by atoms with Crippen LogP contribution in [0.25, 0.3) is 0 Å². The standard InChI is InChI=1S/C23H28N2O3/c1-15-7-9-19(10-8-15)24-14-20(26)25(22(24)27)13-18-11-16(2)21(17(3)12-18)28-23(4,5)6/h7-12H,13-14H2,1-6H3. The lowest BCUT2D eigenvalue weighted by Crippen LogP contribution is -2.32. The highest BCUT2D eigenvalue weighted by Gasteiger charge is 2.36. The molecule has 1 saturated heterocycles. The molecule has 5 nitrogen and oxygen atoms in total. The molecule has 0 bridgehead atoms. The molecule has 3 amide bonds. The minimum atomic E-state index is -0.285. The van der Waals surface area contributed by atoms with Gasteiger partial charge in [0.2, 0.25) is 0 Å². The van der Waals surface area contributed by atoms with Crippen molar-refractivity contribution in [1.29, 1.82) is 0 Å². The minimum Gasteiger partial charge on any atom is -0.488 e. The van der Waals surface area contributed by atoms with Crippen LogP contribution in [0.1, 0.15) is 43.0 Å². The molecule has 3 rings (SSSR count). The molecule has 1 aliphatic rings. The maximum Gasteiger partial charge on any atom is 0.332 e. The van der Waals surface area contributed by atoms with Crippen LogP contribution in [0.3, 0.4) is 0 Å². The van der Waals surface area contributed by atoms with Crippen molar-refractivity contribution in [2.45, 2.75) is 53.7 Å². The summed E-state index contributed by atoms with van der Waals surface area (Å²) < 4.78 is 6.06. The van der Waals surface area contributed by atoms with Gasteiger partial charge in [0.1, 0.15) is 17.9 Å². The second kappa shape index (κ2) is 7.30. The van der Waals surface area contributed by atoms with Crippen molar-refractivity contribution >= 4 is 17.6 Å². The van der Waals surface area contributed by atoms with E-state index in [-0.39, 0.29) is 30.6 Å². The lowest BCUT2D eigenvalue weighted by molar-refractivity contribution is -0.125. The van der Waals surface area contributed by atoms with Gasteiger partial charge in [-0.05, 0) is 70.4 Å². The normalized spacial score (nSPS) is 14.8. The maximum absolute atomic E-state index is 12.8. The number of nitrogens with zero attached hydrogens (tertiary/aromatic N) is 2. The number of carbonyl (C=O) groups excluding carboxylic acids is 2. The zero-order valence-electron chi connectivity index (χ0n) is 17.5. The third-order valence-corrected chi connectivity index (χ3v) is 4.67. The second-order valence-electron chi connectivity index (χ2n) is 8.46. The Morgan fingerprint density at radius 3 is 2.07 bits per heavy atom. The number of imide groups is 1. The molecular weight excluding hydrogens is 352 g/mol. The number of urea groups is 1. The predicted octanol–water partition coefficient (Wildman–Crippen LogP) is 4.76. The number of anilines is 1. The van der Waals surface area contributed by atoms with E-state index >= 15 is 0 Å². The lowest BCUT2D eigenvalue weighted by Gasteiger charge is -2.25. The molecule has 0 unspecified atom stereocenters. The van der Waals surface area contributed by atoms with Crippen LogP contribution in [-0.2, 0) is 11.3 Å². The first kappa shape index (κ1) is 19.9. The Balaban J connectivity index is 1.81. The molecule has 148 valence electrons. The summed E-state index contributed by atoms with van der Waals surface area (Å²) in [5.41, 5.74) is 4.49. The number of aryl methyl sites for hydroxylation is 3. The Hall–Kier alpha value is -2.82. The van der Waals surface area contributed by atoms with Crippen LogP contribution >= 0.6 is 0 Å². The van der Waals surface area contributed by atoms with Gasteiger partial charge in [0.25, 0.3) is 5.91 Å². The van der Waals surface area contributed by atoms with Crippen LogP contribution in [0, 0.1) is 20.8 Å². The minimum absolute atomic E-state index is 0.0745. The lowest BCUT2D eigenvalue weighted by atomic mass is 10.0. The molecule has 0 aliphatic carbocycles. The van der Waals surface area contributed by atoms with E-state index in [0.29, 0.717) is 0 Å². The summed E-state index contributed by atoms with van der Waals surface area (Å²) in [7, 11) is 0. The molecule has 0 atom stereocenters. The van der Waals surface area contributed by atoms with Crippen LogP contribution in [0.15, 0.2) is 36.4 Å². The second-order valence-corrected chi connectivity index (χ2v) is 8.46. The van der Waals surface area contributed by atoms with Crippen molar-refractivity contribution in [2.75, 3.05) is 11.4 Å². The van der Waals surface area contributed by atoms with Crippen LogP contribution in [0.5, 0.6) is 5.75 Å². The van der Waals surface area contributed by atoms with Gasteiger partial charge in [-0.1, -0.05) is 29.8 Å². The van der Waals surface area contributed by atoms with Crippen LogP contribution in [-0.4, -0.2) is 29.0 Å². The smallest absolute Gasteiger partial charge is 0.332 e. The fourth-order valence-electron chi connectivity index (χ4n) is 3.40. The zero-order valence-corrected chi connectivity index (χ0v) is 17.5. The Labute approximate surface area is 166 Å². The molecule has 2 aromatic rings.